The zero-order chi connectivity index (χ0) is 20.4. The first-order chi connectivity index (χ1) is 12.6. The largest absolute Gasteiger partial charge is 0.465 e. The fourth-order valence-electron chi connectivity index (χ4n) is 3.09. The Morgan fingerprint density at radius 1 is 1.07 bits per heavy atom. The van der Waals surface area contributed by atoms with Gasteiger partial charge in [-0.2, -0.15) is 0 Å². The van der Waals surface area contributed by atoms with E-state index in [1.165, 1.54) is 12.1 Å². The number of rotatable bonds is 6. The molecule has 2 rings (SSSR count). The van der Waals surface area contributed by atoms with Gasteiger partial charge >= 0.3 is 17.9 Å². The summed E-state index contributed by atoms with van der Waals surface area (Å²) in [6.07, 6.45) is 1.99. The van der Waals surface area contributed by atoms with Gasteiger partial charge < -0.3 is 9.47 Å². The van der Waals surface area contributed by atoms with Gasteiger partial charge in [-0.25, -0.2) is 4.79 Å². The van der Waals surface area contributed by atoms with Gasteiger partial charge in [0.05, 0.1) is 34.1 Å². The molecule has 0 saturated heterocycles. The van der Waals surface area contributed by atoms with Gasteiger partial charge in [-0.05, 0) is 30.4 Å². The average Bonchev–Trinajstić information content (AvgIpc) is 2.52. The predicted octanol–water partition coefficient (Wildman–Crippen LogP) is 5.34. The minimum absolute atomic E-state index is 0.00412. The van der Waals surface area contributed by atoms with Crippen LogP contribution < -0.4 is 0 Å². The maximum Gasteiger partial charge on any atom is 0.348 e. The molecule has 1 aromatic rings. The summed E-state index contributed by atoms with van der Waals surface area (Å²) < 4.78 is 10.2. The minimum Gasteiger partial charge on any atom is -0.465 e. The van der Waals surface area contributed by atoms with Crippen molar-refractivity contribution < 1.29 is 23.9 Å². The van der Waals surface area contributed by atoms with E-state index >= 15 is 0 Å². The second kappa shape index (κ2) is 8.80. The molecular weight excluding hydrogens is 415 g/mol. The second-order valence-electron chi connectivity index (χ2n) is 7.14. The highest BCUT2D eigenvalue weighted by molar-refractivity contribution is 6.42. The molecule has 0 spiro atoms. The molecule has 0 N–H and O–H groups in total. The molecule has 1 aromatic carbocycles. The molecule has 0 heterocycles. The van der Waals surface area contributed by atoms with Crippen LogP contribution in [0.3, 0.4) is 0 Å². The summed E-state index contributed by atoms with van der Waals surface area (Å²) in [5.74, 6) is -3.01. The Morgan fingerprint density at radius 3 is 2.15 bits per heavy atom. The normalized spacial score (nSPS) is 20.5. The molecule has 1 fully saturated rings. The van der Waals surface area contributed by atoms with Gasteiger partial charge in [0, 0.05) is 5.02 Å². The molecule has 0 unspecified atom stereocenters. The van der Waals surface area contributed by atoms with E-state index in [1.54, 1.807) is 13.8 Å². The fourth-order valence-corrected chi connectivity index (χ4v) is 4.07. The van der Waals surface area contributed by atoms with E-state index < -0.39 is 29.2 Å². The molecule has 0 aliphatic heterocycles. The lowest BCUT2D eigenvalue weighted by molar-refractivity contribution is -0.175. The number of hydrogen-bond donors (Lipinski definition) is 0. The zero-order valence-corrected chi connectivity index (χ0v) is 17.6. The molecule has 27 heavy (non-hydrogen) atoms. The SMILES string of the molecule is CCCCOC(=O)[C@H]1C[C@@H](C(=O)OC(=O)c2c(Cl)cc(Cl)cc2Cl)C1(C)C. The van der Waals surface area contributed by atoms with Crippen LogP contribution >= 0.6 is 34.8 Å². The van der Waals surface area contributed by atoms with E-state index in [9.17, 15) is 14.4 Å². The van der Waals surface area contributed by atoms with Gasteiger partial charge in [0.25, 0.3) is 0 Å². The van der Waals surface area contributed by atoms with Crippen molar-refractivity contribution in [1.82, 2.24) is 0 Å². The van der Waals surface area contributed by atoms with Crippen molar-refractivity contribution in [2.24, 2.45) is 17.3 Å². The van der Waals surface area contributed by atoms with Gasteiger partial charge in [-0.1, -0.05) is 62.0 Å². The zero-order valence-electron chi connectivity index (χ0n) is 15.3. The molecule has 1 aliphatic rings. The van der Waals surface area contributed by atoms with E-state index in [0.717, 1.165) is 12.8 Å². The second-order valence-corrected chi connectivity index (χ2v) is 8.39. The molecule has 1 saturated carbocycles. The van der Waals surface area contributed by atoms with Crippen LogP contribution in [0.1, 0.15) is 50.4 Å². The lowest BCUT2D eigenvalue weighted by Crippen LogP contribution is -2.53. The number of unbranched alkanes of at least 4 members (excludes halogenated alkanes) is 1. The first-order valence-electron chi connectivity index (χ1n) is 8.66. The maximum atomic E-state index is 12.4. The molecule has 0 amide bonds. The van der Waals surface area contributed by atoms with E-state index in [1.807, 2.05) is 6.92 Å². The molecule has 148 valence electrons. The lowest BCUT2D eigenvalue weighted by Gasteiger charge is -2.48. The minimum atomic E-state index is -0.948. The Morgan fingerprint density at radius 2 is 1.63 bits per heavy atom. The van der Waals surface area contributed by atoms with Crippen LogP contribution in [-0.4, -0.2) is 24.5 Å². The molecule has 5 nitrogen and oxygen atoms in total. The summed E-state index contributed by atoms with van der Waals surface area (Å²) in [5, 5.41) is 0.253. The summed E-state index contributed by atoms with van der Waals surface area (Å²) in [7, 11) is 0. The van der Waals surface area contributed by atoms with Crippen molar-refractivity contribution in [3.63, 3.8) is 0 Å². The first-order valence-corrected chi connectivity index (χ1v) is 9.80. The third kappa shape index (κ3) is 4.76. The highest BCUT2D eigenvalue weighted by Crippen LogP contribution is 2.52. The molecule has 8 heteroatoms. The number of benzene rings is 1. The standard InChI is InChI=1S/C19H21Cl3O5/c1-4-5-6-26-16(23)11-9-12(19(11,2)3)17(24)27-18(25)15-13(21)7-10(20)8-14(15)22/h7-8,11-12H,4-6,9H2,1-3H3/t11-,12+/m1/s1. The van der Waals surface area contributed by atoms with Crippen LogP contribution in [0, 0.1) is 17.3 Å². The lowest BCUT2D eigenvalue weighted by atomic mass is 9.54. The maximum absolute atomic E-state index is 12.4. The van der Waals surface area contributed by atoms with Gasteiger partial charge in [-0.3, -0.25) is 9.59 Å². The molecule has 0 radical (unpaired) electrons. The number of halogens is 3. The van der Waals surface area contributed by atoms with Crippen LogP contribution in [0.15, 0.2) is 12.1 Å². The highest BCUT2D eigenvalue weighted by Gasteiger charge is 2.56. The Hall–Kier alpha value is -1.30. The summed E-state index contributed by atoms with van der Waals surface area (Å²) in [6, 6.07) is 2.68. The van der Waals surface area contributed by atoms with Crippen molar-refractivity contribution in [2.45, 2.75) is 40.0 Å². The molecule has 2 atom stereocenters. The Bertz CT molecular complexity index is 737. The fraction of sp³-hybridized carbons (Fsp3) is 0.526. The summed E-state index contributed by atoms with van der Waals surface area (Å²) in [6.45, 7) is 5.92. The van der Waals surface area contributed by atoms with Crippen molar-refractivity contribution in [2.75, 3.05) is 6.61 Å². The van der Waals surface area contributed by atoms with Gasteiger partial charge in [0.15, 0.2) is 0 Å². The van der Waals surface area contributed by atoms with E-state index in [4.69, 9.17) is 44.3 Å². The van der Waals surface area contributed by atoms with E-state index in [-0.39, 0.29) is 33.0 Å². The first kappa shape index (κ1) is 22.0. The average molecular weight is 436 g/mol. The van der Waals surface area contributed by atoms with Crippen LogP contribution in [0.5, 0.6) is 0 Å². The predicted molar refractivity (Wildman–Crippen MR) is 103 cm³/mol. The van der Waals surface area contributed by atoms with Crippen LogP contribution in [0.4, 0.5) is 0 Å². The Kier molecular flexibility index (Phi) is 7.17. The Balaban J connectivity index is 2.01. The van der Waals surface area contributed by atoms with Gasteiger partial charge in [0.1, 0.15) is 0 Å². The number of esters is 3. The quantitative estimate of drug-likeness (QED) is 0.343. The van der Waals surface area contributed by atoms with E-state index in [2.05, 4.69) is 0 Å². The topological polar surface area (TPSA) is 69.7 Å². The highest BCUT2D eigenvalue weighted by atomic mass is 35.5. The number of carbonyl (C=O) groups excluding carboxylic acids is 3. The van der Waals surface area contributed by atoms with Crippen molar-refractivity contribution in [3.05, 3.63) is 32.8 Å². The third-order valence-electron chi connectivity index (χ3n) is 4.98. The number of hydrogen-bond acceptors (Lipinski definition) is 5. The van der Waals surface area contributed by atoms with Crippen LogP contribution in [-0.2, 0) is 19.1 Å². The van der Waals surface area contributed by atoms with Crippen LogP contribution in [0.25, 0.3) is 0 Å². The summed E-state index contributed by atoms with van der Waals surface area (Å²) >= 11 is 17.8. The third-order valence-corrected chi connectivity index (χ3v) is 5.80. The number of ether oxygens (including phenoxy) is 2. The van der Waals surface area contributed by atoms with E-state index in [0.29, 0.717) is 6.61 Å². The Labute approximate surface area is 173 Å². The molecular formula is C19H21Cl3O5. The van der Waals surface area contributed by atoms with Gasteiger partial charge in [0.2, 0.25) is 0 Å². The molecule has 0 bridgehead atoms. The van der Waals surface area contributed by atoms with Crippen molar-refractivity contribution >= 4 is 52.7 Å². The summed E-state index contributed by atoms with van der Waals surface area (Å²) in [4.78, 5) is 36.9. The molecule has 0 aromatic heterocycles. The number of carbonyl (C=O) groups is 3. The van der Waals surface area contributed by atoms with Crippen molar-refractivity contribution in [1.29, 1.82) is 0 Å². The smallest absolute Gasteiger partial charge is 0.348 e. The van der Waals surface area contributed by atoms with Crippen molar-refractivity contribution in [3.8, 4) is 0 Å². The monoisotopic (exact) mass is 434 g/mol. The summed E-state index contributed by atoms with van der Waals surface area (Å²) in [5.41, 5.74) is -0.794. The molecule has 1 aliphatic carbocycles. The van der Waals surface area contributed by atoms with Gasteiger partial charge in [-0.15, -0.1) is 0 Å². The van der Waals surface area contributed by atoms with Crippen LogP contribution in [0.2, 0.25) is 15.1 Å².